The third-order valence-electron chi connectivity index (χ3n) is 3.07. The lowest BCUT2D eigenvalue weighted by Gasteiger charge is -2.09. The van der Waals surface area contributed by atoms with Crippen molar-refractivity contribution in [1.29, 1.82) is 0 Å². The molecular weight excluding hydrogens is 290 g/mol. The predicted octanol–water partition coefficient (Wildman–Crippen LogP) is 4.14. The second-order valence-electron chi connectivity index (χ2n) is 5.00. The number of allylic oxidation sites excluding steroid dienone is 1. The fourth-order valence-corrected chi connectivity index (χ4v) is 2.00. The molecule has 2 aromatic carbocycles. The van der Waals surface area contributed by atoms with Crippen LogP contribution in [0.25, 0.3) is 0 Å². The highest BCUT2D eigenvalue weighted by atomic mass is 16.5. The van der Waals surface area contributed by atoms with Gasteiger partial charge in [-0.05, 0) is 43.7 Å². The van der Waals surface area contributed by atoms with Crippen molar-refractivity contribution < 1.29 is 14.3 Å². The fourth-order valence-electron chi connectivity index (χ4n) is 2.00. The van der Waals surface area contributed by atoms with Crippen molar-refractivity contribution in [2.24, 2.45) is 0 Å². The van der Waals surface area contributed by atoms with Gasteiger partial charge in [0.15, 0.2) is 0 Å². The third-order valence-corrected chi connectivity index (χ3v) is 3.07. The van der Waals surface area contributed by atoms with Crippen molar-refractivity contribution in [3.05, 3.63) is 71.9 Å². The summed E-state index contributed by atoms with van der Waals surface area (Å²) in [7, 11) is 0. The Kier molecular flexibility index (Phi) is 6.24. The molecule has 0 radical (unpaired) electrons. The Bertz CT molecular complexity index is 648. The highest BCUT2D eigenvalue weighted by Gasteiger charge is 2.00. The average Bonchev–Trinajstić information content (AvgIpc) is 2.55. The monoisotopic (exact) mass is 311 g/mol. The molecule has 0 unspecified atom stereocenters. The van der Waals surface area contributed by atoms with Gasteiger partial charge in [0, 0.05) is 17.5 Å². The van der Waals surface area contributed by atoms with Crippen LogP contribution < -0.4 is 10.1 Å². The zero-order chi connectivity index (χ0) is 16.5. The summed E-state index contributed by atoms with van der Waals surface area (Å²) >= 11 is 0. The number of rotatable bonds is 7. The Balaban J connectivity index is 1.88. The Morgan fingerprint density at radius 3 is 2.43 bits per heavy atom. The molecule has 2 rings (SSSR count). The molecular formula is C19H21NO3. The highest BCUT2D eigenvalue weighted by Crippen LogP contribution is 2.18. The number of ether oxygens (including phenoxy) is 2. The maximum Gasteiger partial charge on any atom is 0.332 e. The molecule has 23 heavy (non-hydrogen) atoms. The Hall–Kier alpha value is -2.75. The van der Waals surface area contributed by atoms with Crippen molar-refractivity contribution in [2.75, 3.05) is 11.9 Å². The lowest BCUT2D eigenvalue weighted by Crippen LogP contribution is -2.04. The molecule has 0 amide bonds. The van der Waals surface area contributed by atoms with E-state index in [-0.39, 0.29) is 5.97 Å². The molecule has 0 aromatic heterocycles. The summed E-state index contributed by atoms with van der Waals surface area (Å²) in [5.41, 5.74) is 2.74. The van der Waals surface area contributed by atoms with Gasteiger partial charge < -0.3 is 14.8 Å². The summed E-state index contributed by atoms with van der Waals surface area (Å²) in [6.45, 7) is 4.50. The molecule has 0 fully saturated rings. The smallest absolute Gasteiger partial charge is 0.332 e. The Labute approximate surface area is 136 Å². The number of esters is 1. The summed E-state index contributed by atoms with van der Waals surface area (Å²) in [6.07, 6.45) is 1.43. The van der Waals surface area contributed by atoms with Gasteiger partial charge >= 0.3 is 5.97 Å². The molecule has 4 nitrogen and oxygen atoms in total. The molecule has 2 aromatic rings. The number of carbonyl (C=O) groups excluding carboxylic acids is 1. The van der Waals surface area contributed by atoms with E-state index in [0.717, 1.165) is 22.7 Å². The van der Waals surface area contributed by atoms with Crippen molar-refractivity contribution in [3.8, 4) is 5.75 Å². The van der Waals surface area contributed by atoms with E-state index >= 15 is 0 Å². The minimum atomic E-state index is -0.347. The molecule has 1 N–H and O–H groups in total. The van der Waals surface area contributed by atoms with E-state index in [1.807, 2.05) is 61.5 Å². The van der Waals surface area contributed by atoms with Crippen LogP contribution in [0.1, 0.15) is 19.4 Å². The number of hydrogen-bond acceptors (Lipinski definition) is 4. The van der Waals surface area contributed by atoms with Gasteiger partial charge in [0.25, 0.3) is 0 Å². The number of anilines is 1. The zero-order valence-electron chi connectivity index (χ0n) is 13.4. The minimum Gasteiger partial charge on any atom is -0.489 e. The van der Waals surface area contributed by atoms with E-state index < -0.39 is 0 Å². The van der Waals surface area contributed by atoms with Crippen LogP contribution in [-0.2, 0) is 16.1 Å². The second-order valence-corrected chi connectivity index (χ2v) is 5.00. The summed E-state index contributed by atoms with van der Waals surface area (Å²) in [5, 5.41) is 3.14. The van der Waals surface area contributed by atoms with Crippen molar-refractivity contribution in [3.63, 3.8) is 0 Å². The van der Waals surface area contributed by atoms with Gasteiger partial charge in [-0.1, -0.05) is 30.3 Å². The molecule has 0 spiro atoms. The average molecular weight is 311 g/mol. The summed E-state index contributed by atoms with van der Waals surface area (Å²) in [4.78, 5) is 11.4. The molecule has 0 aliphatic heterocycles. The minimum absolute atomic E-state index is 0.347. The normalized spacial score (nSPS) is 11.0. The first-order valence-corrected chi connectivity index (χ1v) is 7.56. The van der Waals surface area contributed by atoms with E-state index in [0.29, 0.717) is 13.2 Å². The van der Waals surface area contributed by atoms with Gasteiger partial charge in [0.05, 0.1) is 6.61 Å². The molecule has 0 heterocycles. The fraction of sp³-hybridized carbons (Fsp3) is 0.211. The van der Waals surface area contributed by atoms with Crippen LogP contribution in [0.5, 0.6) is 5.75 Å². The van der Waals surface area contributed by atoms with Crippen molar-refractivity contribution >= 4 is 11.7 Å². The van der Waals surface area contributed by atoms with Crippen LogP contribution in [0.15, 0.2) is 66.4 Å². The quantitative estimate of drug-likeness (QED) is 0.616. The molecule has 120 valence electrons. The predicted molar refractivity (Wildman–Crippen MR) is 91.2 cm³/mol. The van der Waals surface area contributed by atoms with Gasteiger partial charge in [-0.25, -0.2) is 4.79 Å². The molecule has 0 aliphatic carbocycles. The molecule has 0 aliphatic rings. The van der Waals surface area contributed by atoms with E-state index in [4.69, 9.17) is 9.47 Å². The Morgan fingerprint density at radius 1 is 1.09 bits per heavy atom. The van der Waals surface area contributed by atoms with E-state index in [1.54, 1.807) is 6.92 Å². The van der Waals surface area contributed by atoms with Crippen LogP contribution in [0, 0.1) is 0 Å². The van der Waals surface area contributed by atoms with Crippen LogP contribution in [0.4, 0.5) is 5.69 Å². The summed E-state index contributed by atoms with van der Waals surface area (Å²) < 4.78 is 10.6. The SMILES string of the molecule is CCOC(=O)/C=C(\C)Nc1ccc(OCc2ccccc2)cc1. The maximum absolute atomic E-state index is 11.4. The van der Waals surface area contributed by atoms with Gasteiger partial charge in [-0.15, -0.1) is 0 Å². The first kappa shape index (κ1) is 16.6. The lowest BCUT2D eigenvalue weighted by molar-refractivity contribution is -0.137. The summed E-state index contributed by atoms with van der Waals surface area (Å²) in [5.74, 6) is 0.451. The second kappa shape index (κ2) is 8.63. The first-order valence-electron chi connectivity index (χ1n) is 7.56. The van der Waals surface area contributed by atoms with Crippen molar-refractivity contribution in [2.45, 2.75) is 20.5 Å². The summed E-state index contributed by atoms with van der Waals surface area (Å²) in [6, 6.07) is 17.6. The number of hydrogen-bond donors (Lipinski definition) is 1. The maximum atomic E-state index is 11.4. The number of nitrogens with one attached hydrogen (secondary N) is 1. The van der Waals surface area contributed by atoms with E-state index in [1.165, 1.54) is 6.08 Å². The molecule has 0 saturated heterocycles. The lowest BCUT2D eigenvalue weighted by atomic mass is 10.2. The Morgan fingerprint density at radius 2 is 1.78 bits per heavy atom. The van der Waals surface area contributed by atoms with Gasteiger partial charge in [-0.2, -0.15) is 0 Å². The largest absolute Gasteiger partial charge is 0.489 e. The molecule has 0 saturated carbocycles. The van der Waals surface area contributed by atoms with Crippen molar-refractivity contribution in [1.82, 2.24) is 0 Å². The van der Waals surface area contributed by atoms with E-state index in [2.05, 4.69) is 5.32 Å². The molecule has 4 heteroatoms. The van der Waals surface area contributed by atoms with Gasteiger partial charge in [-0.3, -0.25) is 0 Å². The van der Waals surface area contributed by atoms with Crippen LogP contribution in [-0.4, -0.2) is 12.6 Å². The molecule has 0 atom stereocenters. The highest BCUT2D eigenvalue weighted by molar-refractivity contribution is 5.83. The van der Waals surface area contributed by atoms with Crippen LogP contribution >= 0.6 is 0 Å². The van der Waals surface area contributed by atoms with E-state index in [9.17, 15) is 4.79 Å². The zero-order valence-corrected chi connectivity index (χ0v) is 13.4. The molecule has 0 bridgehead atoms. The van der Waals surface area contributed by atoms with Crippen LogP contribution in [0.3, 0.4) is 0 Å². The van der Waals surface area contributed by atoms with Gasteiger partial charge in [0.1, 0.15) is 12.4 Å². The van der Waals surface area contributed by atoms with Crippen LogP contribution in [0.2, 0.25) is 0 Å². The standard InChI is InChI=1S/C19H21NO3/c1-3-22-19(21)13-15(2)20-17-9-11-18(12-10-17)23-14-16-7-5-4-6-8-16/h4-13,20H,3,14H2,1-2H3/b15-13+. The van der Waals surface area contributed by atoms with Gasteiger partial charge in [0.2, 0.25) is 0 Å². The number of benzene rings is 2. The third kappa shape index (κ3) is 5.87. The topological polar surface area (TPSA) is 47.6 Å². The first-order chi connectivity index (χ1) is 11.2. The number of carbonyl (C=O) groups is 1.